The molecule has 0 saturated carbocycles. The summed E-state index contributed by atoms with van der Waals surface area (Å²) in [4.78, 5) is 0. The second-order valence-corrected chi connectivity index (χ2v) is 7.05. The molecule has 0 fully saturated rings. The fourth-order valence-corrected chi connectivity index (χ4v) is 4.64. The van der Waals surface area contributed by atoms with Crippen molar-refractivity contribution in [2.45, 2.75) is 56.8 Å². The average Bonchev–Trinajstić information content (AvgIpc) is 2.13. The van der Waals surface area contributed by atoms with E-state index < -0.39 is 0 Å². The van der Waals surface area contributed by atoms with Gasteiger partial charge in [0, 0.05) is 0 Å². The van der Waals surface area contributed by atoms with Crippen LogP contribution in [0.1, 0.15) is 52.4 Å². The van der Waals surface area contributed by atoms with Crippen LogP contribution in [0.2, 0.25) is 4.47 Å². The standard InChI is InChI=1S/C11H21BrTe/c1-3-5-7-8-11(12)10-13-9-6-4-2/h10H,3-9H2,1-2H3/b11-10-. The van der Waals surface area contributed by atoms with Crippen LogP contribution in [0.4, 0.5) is 0 Å². The monoisotopic (exact) mass is 362 g/mol. The van der Waals surface area contributed by atoms with Gasteiger partial charge in [0.1, 0.15) is 0 Å². The molecule has 0 rings (SSSR count). The second kappa shape index (κ2) is 11.1. The van der Waals surface area contributed by atoms with E-state index in [2.05, 4.69) is 33.9 Å². The summed E-state index contributed by atoms with van der Waals surface area (Å²) in [6.45, 7) is 4.53. The van der Waals surface area contributed by atoms with Crippen molar-refractivity contribution in [3.63, 3.8) is 0 Å². The summed E-state index contributed by atoms with van der Waals surface area (Å²) in [6.07, 6.45) is 8.10. The van der Waals surface area contributed by atoms with Gasteiger partial charge in [-0.1, -0.05) is 0 Å². The maximum atomic E-state index is 3.65. The van der Waals surface area contributed by atoms with Gasteiger partial charge in [-0.25, -0.2) is 0 Å². The third-order valence-electron chi connectivity index (χ3n) is 1.85. The molecule has 0 aromatic rings. The van der Waals surface area contributed by atoms with Gasteiger partial charge in [-0.15, -0.1) is 0 Å². The third kappa shape index (κ3) is 10.9. The van der Waals surface area contributed by atoms with Crippen molar-refractivity contribution in [3.8, 4) is 0 Å². The summed E-state index contributed by atoms with van der Waals surface area (Å²) >= 11 is 3.84. The van der Waals surface area contributed by atoms with E-state index in [1.165, 1.54) is 47.5 Å². The quantitative estimate of drug-likeness (QED) is 0.434. The molecule has 2 heteroatoms. The molecule has 0 atom stereocenters. The molecule has 0 spiro atoms. The van der Waals surface area contributed by atoms with E-state index in [0.29, 0.717) is 0 Å². The van der Waals surface area contributed by atoms with Gasteiger partial charge >= 0.3 is 102 Å². The molecular weight excluding hydrogens is 340 g/mol. The Morgan fingerprint density at radius 3 is 2.46 bits per heavy atom. The molecule has 0 heterocycles. The summed E-state index contributed by atoms with van der Waals surface area (Å²) in [7, 11) is 0. The number of allylic oxidation sites excluding steroid dienone is 1. The first-order chi connectivity index (χ1) is 6.31. The van der Waals surface area contributed by atoms with Gasteiger partial charge in [-0.2, -0.15) is 0 Å². The first kappa shape index (κ1) is 14.0. The first-order valence-corrected chi connectivity index (χ1v) is 9.06. The van der Waals surface area contributed by atoms with Crippen LogP contribution in [0.15, 0.2) is 8.61 Å². The summed E-state index contributed by atoms with van der Waals surface area (Å²) in [6, 6.07) is 0. The van der Waals surface area contributed by atoms with Crippen LogP contribution in [0.3, 0.4) is 0 Å². The molecule has 0 N–H and O–H groups in total. The molecule has 0 radical (unpaired) electrons. The molecule has 13 heavy (non-hydrogen) atoms. The Kier molecular flexibility index (Phi) is 11.9. The van der Waals surface area contributed by atoms with Crippen LogP contribution in [-0.4, -0.2) is 20.9 Å². The van der Waals surface area contributed by atoms with Gasteiger partial charge in [-0.3, -0.25) is 0 Å². The number of halogens is 1. The van der Waals surface area contributed by atoms with Gasteiger partial charge < -0.3 is 0 Å². The molecule has 0 aromatic carbocycles. The SMILES string of the molecule is CCCCC/C(Br)=C/[Te]CCCC. The third-order valence-corrected chi connectivity index (χ3v) is 6.20. The van der Waals surface area contributed by atoms with E-state index >= 15 is 0 Å². The molecule has 0 bridgehead atoms. The Morgan fingerprint density at radius 1 is 1.15 bits per heavy atom. The topological polar surface area (TPSA) is 0 Å². The van der Waals surface area contributed by atoms with Crippen molar-refractivity contribution >= 4 is 36.9 Å². The normalized spacial score (nSPS) is 12.1. The number of hydrogen-bond acceptors (Lipinski definition) is 0. The number of hydrogen-bond donors (Lipinski definition) is 0. The minimum atomic E-state index is 0.183. The Morgan fingerprint density at radius 2 is 1.85 bits per heavy atom. The van der Waals surface area contributed by atoms with Crippen LogP contribution >= 0.6 is 15.9 Å². The van der Waals surface area contributed by atoms with E-state index in [1.54, 1.807) is 0 Å². The fraction of sp³-hybridized carbons (Fsp3) is 0.818. The predicted molar refractivity (Wildman–Crippen MR) is 66.6 cm³/mol. The number of unbranched alkanes of at least 4 members (excludes halogenated alkanes) is 3. The molecule has 78 valence electrons. The van der Waals surface area contributed by atoms with Gasteiger partial charge in [0.15, 0.2) is 0 Å². The van der Waals surface area contributed by atoms with Crippen molar-refractivity contribution in [2.75, 3.05) is 0 Å². The van der Waals surface area contributed by atoms with Crippen LogP contribution < -0.4 is 0 Å². The summed E-state index contributed by atoms with van der Waals surface area (Å²) < 4.78 is 5.43. The molecule has 0 aromatic heterocycles. The van der Waals surface area contributed by atoms with E-state index in [-0.39, 0.29) is 20.9 Å². The van der Waals surface area contributed by atoms with E-state index in [4.69, 9.17) is 0 Å². The van der Waals surface area contributed by atoms with Crippen LogP contribution in [0, 0.1) is 0 Å². The van der Waals surface area contributed by atoms with Crippen molar-refractivity contribution < 1.29 is 0 Å². The molecule has 0 aliphatic rings. The number of rotatable bonds is 8. The van der Waals surface area contributed by atoms with E-state index in [1.807, 2.05) is 0 Å². The average molecular weight is 361 g/mol. The minimum absolute atomic E-state index is 0.183. The molecule has 0 aliphatic carbocycles. The van der Waals surface area contributed by atoms with Crippen molar-refractivity contribution in [1.29, 1.82) is 0 Å². The zero-order chi connectivity index (χ0) is 9.94. The van der Waals surface area contributed by atoms with Crippen LogP contribution in [0.5, 0.6) is 0 Å². The van der Waals surface area contributed by atoms with Gasteiger partial charge in [0.25, 0.3) is 0 Å². The Balaban J connectivity index is 3.29. The fourth-order valence-electron chi connectivity index (χ4n) is 0.980. The molecule has 0 nitrogen and oxygen atoms in total. The molecule has 0 aliphatic heterocycles. The van der Waals surface area contributed by atoms with E-state index in [0.717, 1.165) is 0 Å². The Bertz CT molecular complexity index is 132. The summed E-state index contributed by atoms with van der Waals surface area (Å²) in [5.41, 5.74) is 0. The van der Waals surface area contributed by atoms with Gasteiger partial charge in [0.05, 0.1) is 0 Å². The maximum absolute atomic E-state index is 3.65. The van der Waals surface area contributed by atoms with Crippen molar-refractivity contribution in [2.24, 2.45) is 0 Å². The van der Waals surface area contributed by atoms with Gasteiger partial charge in [0.2, 0.25) is 0 Å². The molecular formula is C11H21BrTe. The molecule has 0 unspecified atom stereocenters. The second-order valence-electron chi connectivity index (χ2n) is 3.25. The van der Waals surface area contributed by atoms with Crippen molar-refractivity contribution in [1.82, 2.24) is 0 Å². The Hall–Kier alpha value is 1.01. The van der Waals surface area contributed by atoms with Crippen molar-refractivity contribution in [3.05, 3.63) is 8.61 Å². The Labute approximate surface area is 102 Å². The predicted octanol–water partition coefficient (Wildman–Crippen LogP) is 4.73. The first-order valence-electron chi connectivity index (χ1n) is 5.27. The zero-order valence-electron chi connectivity index (χ0n) is 8.81. The van der Waals surface area contributed by atoms with Crippen LogP contribution in [-0.2, 0) is 0 Å². The zero-order valence-corrected chi connectivity index (χ0v) is 12.7. The van der Waals surface area contributed by atoms with Gasteiger partial charge in [-0.05, 0) is 0 Å². The van der Waals surface area contributed by atoms with E-state index in [9.17, 15) is 0 Å². The molecule has 0 amide bonds. The summed E-state index contributed by atoms with van der Waals surface area (Å²) in [5.74, 6) is 0. The van der Waals surface area contributed by atoms with Crippen LogP contribution in [0.25, 0.3) is 0 Å². The summed E-state index contributed by atoms with van der Waals surface area (Å²) in [5, 5.41) is 0. The molecule has 0 saturated heterocycles.